The molecule has 0 aromatic heterocycles. The lowest BCUT2D eigenvalue weighted by molar-refractivity contribution is 0.789. The Morgan fingerprint density at radius 3 is 3.00 bits per heavy atom. The SMILES string of the molecule is CC(CC#N)c1cccc(N=O)c1. The Hall–Kier alpha value is -1.69. The first kappa shape index (κ1) is 9.40. The normalized spacial score (nSPS) is 11.7. The number of nitroso groups, excluding NO2 is 1. The Morgan fingerprint density at radius 2 is 2.38 bits per heavy atom. The molecular formula is C10H10N2O. The Balaban J connectivity index is 2.89. The third kappa shape index (κ3) is 2.38. The van der Waals surface area contributed by atoms with Crippen molar-refractivity contribution in [2.75, 3.05) is 0 Å². The number of rotatable bonds is 3. The average molecular weight is 174 g/mol. The summed E-state index contributed by atoms with van der Waals surface area (Å²) in [6.07, 6.45) is 0.461. The molecule has 1 unspecified atom stereocenters. The predicted molar refractivity (Wildman–Crippen MR) is 50.5 cm³/mol. The van der Waals surface area contributed by atoms with E-state index in [0.29, 0.717) is 12.1 Å². The summed E-state index contributed by atoms with van der Waals surface area (Å²) in [5.41, 5.74) is 1.40. The first-order chi connectivity index (χ1) is 6.27. The van der Waals surface area contributed by atoms with E-state index in [1.807, 2.05) is 13.0 Å². The van der Waals surface area contributed by atoms with Crippen LogP contribution in [-0.4, -0.2) is 0 Å². The van der Waals surface area contributed by atoms with Crippen LogP contribution in [0.2, 0.25) is 0 Å². The van der Waals surface area contributed by atoms with Crippen LogP contribution < -0.4 is 0 Å². The van der Waals surface area contributed by atoms with Crippen molar-refractivity contribution in [3.05, 3.63) is 34.7 Å². The van der Waals surface area contributed by atoms with Crippen LogP contribution in [0.15, 0.2) is 29.4 Å². The van der Waals surface area contributed by atoms with Gasteiger partial charge in [-0.15, -0.1) is 4.91 Å². The van der Waals surface area contributed by atoms with Crippen molar-refractivity contribution in [2.45, 2.75) is 19.3 Å². The van der Waals surface area contributed by atoms with Crippen molar-refractivity contribution in [1.29, 1.82) is 5.26 Å². The summed E-state index contributed by atoms with van der Waals surface area (Å²) in [6.45, 7) is 1.95. The topological polar surface area (TPSA) is 53.2 Å². The van der Waals surface area contributed by atoms with Gasteiger partial charge in [-0.3, -0.25) is 0 Å². The van der Waals surface area contributed by atoms with Crippen LogP contribution in [0.4, 0.5) is 5.69 Å². The monoisotopic (exact) mass is 174 g/mol. The van der Waals surface area contributed by atoms with Crippen LogP contribution in [-0.2, 0) is 0 Å². The molecule has 0 aliphatic rings. The van der Waals surface area contributed by atoms with E-state index >= 15 is 0 Å². The molecule has 1 aromatic rings. The Morgan fingerprint density at radius 1 is 1.62 bits per heavy atom. The average Bonchev–Trinajstić information content (AvgIpc) is 2.18. The number of hydrogen-bond acceptors (Lipinski definition) is 3. The van der Waals surface area contributed by atoms with Gasteiger partial charge in [0.15, 0.2) is 0 Å². The minimum atomic E-state index is 0.159. The van der Waals surface area contributed by atoms with E-state index < -0.39 is 0 Å². The minimum Gasteiger partial charge on any atom is -0.198 e. The molecule has 1 atom stereocenters. The molecule has 3 heteroatoms. The highest BCUT2D eigenvalue weighted by Crippen LogP contribution is 2.22. The van der Waals surface area contributed by atoms with E-state index in [-0.39, 0.29) is 5.92 Å². The molecule has 13 heavy (non-hydrogen) atoms. The minimum absolute atomic E-state index is 0.159. The van der Waals surface area contributed by atoms with Crippen LogP contribution >= 0.6 is 0 Å². The van der Waals surface area contributed by atoms with Gasteiger partial charge in [-0.25, -0.2) is 0 Å². The fraction of sp³-hybridized carbons (Fsp3) is 0.300. The second-order valence-electron chi connectivity index (χ2n) is 2.95. The molecule has 0 N–H and O–H groups in total. The molecule has 0 fully saturated rings. The molecule has 0 aliphatic carbocycles. The van der Waals surface area contributed by atoms with E-state index in [2.05, 4.69) is 11.2 Å². The van der Waals surface area contributed by atoms with Crippen LogP contribution in [0.1, 0.15) is 24.8 Å². The van der Waals surface area contributed by atoms with E-state index in [1.165, 1.54) is 0 Å². The van der Waals surface area contributed by atoms with Gasteiger partial charge in [0.05, 0.1) is 6.07 Å². The summed E-state index contributed by atoms with van der Waals surface area (Å²) in [7, 11) is 0. The van der Waals surface area contributed by atoms with Crippen molar-refractivity contribution in [3.63, 3.8) is 0 Å². The second kappa shape index (κ2) is 4.36. The fourth-order valence-electron chi connectivity index (χ4n) is 1.14. The smallest absolute Gasteiger partial charge is 0.108 e. The summed E-state index contributed by atoms with van der Waals surface area (Å²) in [4.78, 5) is 10.2. The molecule has 0 saturated carbocycles. The van der Waals surface area contributed by atoms with Crippen molar-refractivity contribution < 1.29 is 0 Å². The molecule has 3 nitrogen and oxygen atoms in total. The van der Waals surface area contributed by atoms with Crippen LogP contribution in [0.5, 0.6) is 0 Å². The predicted octanol–water partition coefficient (Wildman–Crippen LogP) is 3.10. The van der Waals surface area contributed by atoms with Gasteiger partial charge in [-0.2, -0.15) is 5.26 Å². The maximum Gasteiger partial charge on any atom is 0.108 e. The number of nitrogens with zero attached hydrogens (tertiary/aromatic N) is 2. The fourth-order valence-corrected chi connectivity index (χ4v) is 1.14. The van der Waals surface area contributed by atoms with E-state index in [1.54, 1.807) is 18.2 Å². The molecule has 0 radical (unpaired) electrons. The lowest BCUT2D eigenvalue weighted by Gasteiger charge is -2.06. The molecule has 0 saturated heterocycles. The van der Waals surface area contributed by atoms with E-state index in [4.69, 9.17) is 5.26 Å². The summed E-state index contributed by atoms with van der Waals surface area (Å²) >= 11 is 0. The number of nitriles is 1. The Kier molecular flexibility index (Phi) is 3.15. The van der Waals surface area contributed by atoms with Crippen LogP contribution in [0.3, 0.4) is 0 Å². The van der Waals surface area contributed by atoms with Crippen molar-refractivity contribution in [3.8, 4) is 6.07 Å². The Labute approximate surface area is 77.0 Å². The first-order valence-corrected chi connectivity index (χ1v) is 4.08. The maximum atomic E-state index is 10.2. The molecule has 0 amide bonds. The van der Waals surface area contributed by atoms with Gasteiger partial charge in [-0.05, 0) is 28.8 Å². The van der Waals surface area contributed by atoms with Gasteiger partial charge in [-0.1, -0.05) is 19.1 Å². The standard InChI is InChI=1S/C10H10N2O/c1-8(5-6-11)9-3-2-4-10(7-9)12-13/h2-4,7-8H,5H2,1H3. The third-order valence-corrected chi connectivity index (χ3v) is 1.94. The van der Waals surface area contributed by atoms with Gasteiger partial charge in [0.1, 0.15) is 5.69 Å². The first-order valence-electron chi connectivity index (χ1n) is 4.08. The van der Waals surface area contributed by atoms with Crippen molar-refractivity contribution in [2.24, 2.45) is 5.18 Å². The summed E-state index contributed by atoms with van der Waals surface area (Å²) in [6, 6.07) is 9.14. The van der Waals surface area contributed by atoms with Crippen molar-refractivity contribution >= 4 is 5.69 Å². The van der Waals surface area contributed by atoms with Crippen LogP contribution in [0, 0.1) is 16.2 Å². The van der Waals surface area contributed by atoms with Gasteiger partial charge in [0.25, 0.3) is 0 Å². The molecule has 0 aliphatic heterocycles. The van der Waals surface area contributed by atoms with Crippen molar-refractivity contribution in [1.82, 2.24) is 0 Å². The zero-order valence-corrected chi connectivity index (χ0v) is 7.40. The molecule has 0 spiro atoms. The maximum absolute atomic E-state index is 10.2. The summed E-state index contributed by atoms with van der Waals surface area (Å²) in [5.74, 6) is 0.159. The molecule has 66 valence electrons. The van der Waals surface area contributed by atoms with Gasteiger partial charge in [0.2, 0.25) is 0 Å². The second-order valence-corrected chi connectivity index (χ2v) is 2.95. The quantitative estimate of drug-likeness (QED) is 0.661. The van der Waals surface area contributed by atoms with Gasteiger partial charge in [0, 0.05) is 6.42 Å². The number of benzene rings is 1. The van der Waals surface area contributed by atoms with Crippen LogP contribution in [0.25, 0.3) is 0 Å². The molecule has 1 rings (SSSR count). The lowest BCUT2D eigenvalue weighted by Crippen LogP contribution is -1.90. The third-order valence-electron chi connectivity index (χ3n) is 1.94. The highest BCUT2D eigenvalue weighted by molar-refractivity contribution is 5.41. The zero-order valence-electron chi connectivity index (χ0n) is 7.40. The highest BCUT2D eigenvalue weighted by Gasteiger charge is 2.04. The number of hydrogen-bond donors (Lipinski definition) is 0. The van der Waals surface area contributed by atoms with E-state index in [9.17, 15) is 4.91 Å². The molecule has 0 bridgehead atoms. The zero-order chi connectivity index (χ0) is 9.68. The van der Waals surface area contributed by atoms with Gasteiger partial charge >= 0.3 is 0 Å². The largest absolute Gasteiger partial charge is 0.198 e. The summed E-state index contributed by atoms with van der Waals surface area (Å²) in [5, 5.41) is 11.3. The van der Waals surface area contributed by atoms with Gasteiger partial charge < -0.3 is 0 Å². The summed E-state index contributed by atoms with van der Waals surface area (Å²) < 4.78 is 0. The van der Waals surface area contributed by atoms with E-state index in [0.717, 1.165) is 5.56 Å². The Bertz CT molecular complexity index is 341. The highest BCUT2D eigenvalue weighted by atomic mass is 16.3. The molecular weight excluding hydrogens is 164 g/mol. The molecule has 0 heterocycles. The molecule has 1 aromatic carbocycles. The lowest BCUT2D eigenvalue weighted by atomic mass is 9.98.